The lowest BCUT2D eigenvalue weighted by Gasteiger charge is -2.20. The minimum absolute atomic E-state index is 0.0108. The Balaban J connectivity index is 2.06. The molecule has 1 saturated carbocycles. The van der Waals surface area contributed by atoms with Crippen molar-refractivity contribution in [1.82, 2.24) is 0 Å². The molecule has 0 amide bonds. The lowest BCUT2D eigenvalue weighted by molar-refractivity contribution is -0.139. The monoisotopic (exact) mass is 334 g/mol. The maximum atomic E-state index is 11.8. The average Bonchev–Trinajstić information content (AvgIpc) is 2.92. The Labute approximate surface area is 135 Å². The molecule has 0 spiro atoms. The molecule has 114 valence electrons. The normalized spacial score (nSPS) is 27.8. The van der Waals surface area contributed by atoms with Gasteiger partial charge in [0.1, 0.15) is 6.10 Å². The van der Waals surface area contributed by atoms with E-state index in [0.29, 0.717) is 19.3 Å². The zero-order chi connectivity index (χ0) is 16.1. The Kier molecular flexibility index (Phi) is 6.39. The fourth-order valence-electron chi connectivity index (χ4n) is 2.64. The molecule has 0 aromatic heterocycles. The molecule has 1 heterocycles. The van der Waals surface area contributed by atoms with E-state index in [1.54, 1.807) is 19.1 Å². The average molecular weight is 334 g/mol. The van der Waals surface area contributed by atoms with E-state index in [9.17, 15) is 9.59 Å². The topological polar surface area (TPSA) is 52.6 Å². The highest BCUT2D eigenvalue weighted by atomic mass is 32.0. The lowest BCUT2D eigenvalue weighted by atomic mass is 9.99. The Morgan fingerprint density at radius 2 is 2.45 bits per heavy atom. The van der Waals surface area contributed by atoms with Crippen molar-refractivity contribution in [2.75, 3.05) is 0 Å². The first-order valence-electron chi connectivity index (χ1n) is 7.00. The van der Waals surface area contributed by atoms with Gasteiger partial charge in [-0.1, -0.05) is 15.0 Å². The molecule has 1 fully saturated rings. The number of allylic oxidation sites excluding steroid dienone is 1. The second kappa shape index (κ2) is 8.07. The number of carbonyl (C=O) groups excluding carboxylic acids is 2. The summed E-state index contributed by atoms with van der Waals surface area (Å²) in [6.45, 7) is 1.75. The molecule has 22 heavy (non-hydrogen) atoms. The first-order valence-corrected chi connectivity index (χ1v) is 9.95. The van der Waals surface area contributed by atoms with Gasteiger partial charge in [0, 0.05) is 31.3 Å². The molecule has 0 N–H and O–H groups in total. The number of rotatable bonds is 6. The van der Waals surface area contributed by atoms with Gasteiger partial charge in [0.25, 0.3) is 0 Å². The number of carbonyl (C=O) groups is 2. The molecule has 0 aromatic rings. The first kappa shape index (κ1) is 17.4. The third-order valence-electron chi connectivity index (χ3n) is 3.57. The molecule has 2 aliphatic rings. The Hall–Kier alpha value is -0.935. The molecule has 2 rings (SSSR count). The van der Waals surface area contributed by atoms with E-state index in [1.807, 2.05) is 0 Å². The van der Waals surface area contributed by atoms with Crippen LogP contribution in [0.5, 0.6) is 0 Å². The summed E-state index contributed by atoms with van der Waals surface area (Å²) in [5.41, 5.74) is 0.870. The summed E-state index contributed by atoms with van der Waals surface area (Å²) in [5, 5.41) is 0. The van der Waals surface area contributed by atoms with Crippen molar-refractivity contribution < 1.29 is 18.8 Å². The number of hydrogen-bond acceptors (Lipinski definition) is 4. The van der Waals surface area contributed by atoms with E-state index in [-0.39, 0.29) is 29.9 Å². The minimum atomic E-state index is -1.09. The second-order valence-corrected chi connectivity index (χ2v) is 7.54. The number of ketones is 1. The molecule has 5 atom stereocenters. The highest BCUT2D eigenvalue weighted by Crippen LogP contribution is 2.49. The van der Waals surface area contributed by atoms with Crippen LogP contribution in [0.2, 0.25) is 0 Å². The van der Waals surface area contributed by atoms with E-state index in [4.69, 9.17) is 16.8 Å². The van der Waals surface area contributed by atoms with Crippen LogP contribution in [0.3, 0.4) is 0 Å². The molecule has 2 radical (unpaired) electrons. The molecule has 1 aliphatic heterocycles. The first-order chi connectivity index (χ1) is 10.5. The van der Waals surface area contributed by atoms with E-state index in [0.717, 1.165) is 5.57 Å². The van der Waals surface area contributed by atoms with Crippen LogP contribution < -0.4 is 0 Å². The maximum absolute atomic E-state index is 11.8. The van der Waals surface area contributed by atoms with Crippen LogP contribution in [0.4, 0.5) is 0 Å². The summed E-state index contributed by atoms with van der Waals surface area (Å²) >= 11 is 0. The lowest BCUT2D eigenvalue weighted by Crippen LogP contribution is -2.16. The largest absolute Gasteiger partial charge is 0.455 e. The summed E-state index contributed by atoms with van der Waals surface area (Å²) in [6.07, 6.45) is 5.93. The summed E-state index contributed by atoms with van der Waals surface area (Å²) in [5.74, 6) is 5.16. The predicted molar refractivity (Wildman–Crippen MR) is 90.2 cm³/mol. The molecular formula is C15H17BO4P2. The third-order valence-corrected chi connectivity index (χ3v) is 4.45. The van der Waals surface area contributed by atoms with Gasteiger partial charge in [-0.25, -0.2) is 4.79 Å². The van der Waals surface area contributed by atoms with Crippen molar-refractivity contribution in [3.63, 3.8) is 0 Å². The van der Waals surface area contributed by atoms with Crippen molar-refractivity contribution >= 4 is 36.0 Å². The Bertz CT molecular complexity index is 574. The van der Waals surface area contributed by atoms with E-state index in [1.165, 1.54) is 6.08 Å². The molecule has 1 aliphatic carbocycles. The van der Waals surface area contributed by atoms with Crippen LogP contribution in [-0.2, 0) is 18.8 Å². The molecule has 0 aromatic carbocycles. The molecule has 5 unspecified atom stereocenters. The molecule has 4 nitrogen and oxygen atoms in total. The fourth-order valence-corrected chi connectivity index (χ4v) is 3.64. The summed E-state index contributed by atoms with van der Waals surface area (Å²) in [4.78, 5) is 23.2. The smallest absolute Gasteiger partial charge is 0.331 e. The van der Waals surface area contributed by atoms with Gasteiger partial charge in [0.05, 0.1) is 6.10 Å². The Morgan fingerprint density at radius 3 is 3.14 bits per heavy atom. The van der Waals surface area contributed by atoms with Gasteiger partial charge in [0.2, 0.25) is 0 Å². The highest BCUT2D eigenvalue weighted by Gasteiger charge is 2.44. The van der Waals surface area contributed by atoms with Crippen molar-refractivity contribution in [3.05, 3.63) is 23.8 Å². The van der Waals surface area contributed by atoms with Gasteiger partial charge < -0.3 is 9.26 Å². The van der Waals surface area contributed by atoms with Crippen LogP contribution >= 0.6 is 16.6 Å². The van der Waals surface area contributed by atoms with Gasteiger partial charge in [-0.15, -0.1) is 11.8 Å². The van der Waals surface area contributed by atoms with Crippen molar-refractivity contribution in [2.24, 2.45) is 5.92 Å². The minimum Gasteiger partial charge on any atom is -0.455 e. The molecule has 0 saturated heterocycles. The van der Waals surface area contributed by atoms with Crippen LogP contribution in [0.1, 0.15) is 26.2 Å². The van der Waals surface area contributed by atoms with Crippen LogP contribution in [0, 0.1) is 17.8 Å². The van der Waals surface area contributed by atoms with Crippen LogP contribution in [-0.4, -0.2) is 31.5 Å². The summed E-state index contributed by atoms with van der Waals surface area (Å²) in [6, 6.07) is 0. The van der Waals surface area contributed by atoms with Crippen molar-refractivity contribution in [1.29, 1.82) is 0 Å². The summed E-state index contributed by atoms with van der Waals surface area (Å²) < 4.78 is 10.9. The second-order valence-electron chi connectivity index (χ2n) is 5.09. The van der Waals surface area contributed by atoms with Crippen LogP contribution in [0.25, 0.3) is 0 Å². The SMILES string of the molecule is [B]P(P)OC1CC2OC(=O)C=C2C1/C=C/C(=O)CCC#CC. The standard InChI is InChI=1S/C15H17BO4P2/c1-2-3-4-5-10(17)6-7-11-12-8-15(18)19-13(12)9-14(11)20-22(16)21/h6-8,11,13-14H,4-5,9,21H2,1H3/b7-6+. The Morgan fingerprint density at radius 1 is 1.68 bits per heavy atom. The van der Waals surface area contributed by atoms with Gasteiger partial charge in [-0.05, 0) is 26.3 Å². The number of ether oxygens (including phenoxy) is 1. The quantitative estimate of drug-likeness (QED) is 0.246. The van der Waals surface area contributed by atoms with Gasteiger partial charge in [0.15, 0.2) is 13.3 Å². The van der Waals surface area contributed by atoms with Gasteiger partial charge >= 0.3 is 5.97 Å². The van der Waals surface area contributed by atoms with E-state index >= 15 is 0 Å². The van der Waals surface area contributed by atoms with Crippen molar-refractivity contribution in [2.45, 2.75) is 38.4 Å². The van der Waals surface area contributed by atoms with E-state index in [2.05, 4.69) is 20.8 Å². The fraction of sp³-hybridized carbons (Fsp3) is 0.467. The number of esters is 1. The number of hydrogen-bond donors (Lipinski definition) is 0. The van der Waals surface area contributed by atoms with Crippen molar-refractivity contribution in [3.8, 4) is 11.8 Å². The molecule has 0 bridgehead atoms. The number of fused-ring (bicyclic) bond motifs is 1. The van der Waals surface area contributed by atoms with Crippen LogP contribution in [0.15, 0.2) is 23.8 Å². The highest BCUT2D eigenvalue weighted by molar-refractivity contribution is 8.23. The maximum Gasteiger partial charge on any atom is 0.331 e. The zero-order valence-electron chi connectivity index (χ0n) is 12.3. The van der Waals surface area contributed by atoms with E-state index < -0.39 is 7.72 Å². The zero-order valence-corrected chi connectivity index (χ0v) is 14.4. The molecule has 7 heteroatoms. The van der Waals surface area contributed by atoms with Gasteiger partial charge in [-0.3, -0.25) is 4.79 Å². The third kappa shape index (κ3) is 4.53. The molecular weight excluding hydrogens is 317 g/mol. The summed E-state index contributed by atoms with van der Waals surface area (Å²) in [7, 11) is 7.07. The predicted octanol–water partition coefficient (Wildman–Crippen LogP) is 2.44. The van der Waals surface area contributed by atoms with Gasteiger partial charge in [-0.2, -0.15) is 0 Å².